The van der Waals surface area contributed by atoms with Gasteiger partial charge in [-0.15, -0.1) is 0 Å². The molecule has 1 heterocycles. The molecule has 0 unspecified atom stereocenters. The standard InChI is InChI=1S/C12H15BrN2/c1-14(2)7-8-15-6-5-10-3-4-11(13)9-12(10)15/h3-6,9H,7-8H2,1-2H3. The van der Waals surface area contributed by atoms with Crippen molar-refractivity contribution in [1.29, 1.82) is 0 Å². The van der Waals surface area contributed by atoms with E-state index in [4.69, 9.17) is 0 Å². The highest BCUT2D eigenvalue weighted by Gasteiger charge is 2.01. The number of likely N-dealkylation sites (N-methyl/N-ethyl adjacent to an activating group) is 1. The second-order valence-corrected chi connectivity index (χ2v) is 4.93. The molecule has 1 aromatic carbocycles. The molecule has 0 aliphatic heterocycles. The van der Waals surface area contributed by atoms with Gasteiger partial charge in [-0.1, -0.05) is 22.0 Å². The smallest absolute Gasteiger partial charge is 0.0492 e. The molecule has 3 heteroatoms. The number of hydrogen-bond acceptors (Lipinski definition) is 1. The maximum absolute atomic E-state index is 3.51. The Labute approximate surface area is 98.6 Å². The Bertz CT molecular complexity index is 460. The minimum absolute atomic E-state index is 1.03. The lowest BCUT2D eigenvalue weighted by Gasteiger charge is -2.11. The Balaban J connectivity index is 2.31. The fraction of sp³-hybridized carbons (Fsp3) is 0.333. The van der Waals surface area contributed by atoms with Crippen LogP contribution < -0.4 is 0 Å². The van der Waals surface area contributed by atoms with Gasteiger partial charge in [-0.05, 0) is 37.7 Å². The summed E-state index contributed by atoms with van der Waals surface area (Å²) in [7, 11) is 4.20. The SMILES string of the molecule is CN(C)CCn1ccc2ccc(Br)cc21. The molecule has 0 aliphatic carbocycles. The normalized spacial score (nSPS) is 11.5. The van der Waals surface area contributed by atoms with E-state index in [-0.39, 0.29) is 0 Å². The summed E-state index contributed by atoms with van der Waals surface area (Å²) >= 11 is 3.51. The van der Waals surface area contributed by atoms with Gasteiger partial charge in [-0.25, -0.2) is 0 Å². The van der Waals surface area contributed by atoms with E-state index < -0.39 is 0 Å². The largest absolute Gasteiger partial charge is 0.346 e. The number of aromatic nitrogens is 1. The van der Waals surface area contributed by atoms with E-state index in [1.807, 2.05) is 0 Å². The molecule has 0 spiro atoms. The van der Waals surface area contributed by atoms with Crippen molar-refractivity contribution in [3.63, 3.8) is 0 Å². The fourth-order valence-electron chi connectivity index (χ4n) is 1.66. The van der Waals surface area contributed by atoms with Crippen molar-refractivity contribution < 1.29 is 0 Å². The van der Waals surface area contributed by atoms with Crippen LogP contribution in [0.5, 0.6) is 0 Å². The van der Waals surface area contributed by atoms with Crippen LogP contribution in [0.1, 0.15) is 0 Å². The molecule has 0 aliphatic rings. The maximum atomic E-state index is 3.51. The lowest BCUT2D eigenvalue weighted by Crippen LogP contribution is -2.17. The van der Waals surface area contributed by atoms with Crippen molar-refractivity contribution in [1.82, 2.24) is 9.47 Å². The maximum Gasteiger partial charge on any atom is 0.0492 e. The highest BCUT2D eigenvalue weighted by atomic mass is 79.9. The van der Waals surface area contributed by atoms with Crippen LogP contribution in [-0.4, -0.2) is 30.1 Å². The van der Waals surface area contributed by atoms with Gasteiger partial charge in [0.1, 0.15) is 0 Å². The van der Waals surface area contributed by atoms with Crippen LogP contribution in [0.25, 0.3) is 10.9 Å². The lowest BCUT2D eigenvalue weighted by atomic mass is 10.2. The van der Waals surface area contributed by atoms with Gasteiger partial charge >= 0.3 is 0 Å². The molecule has 0 radical (unpaired) electrons. The van der Waals surface area contributed by atoms with E-state index in [2.05, 4.69) is 70.0 Å². The van der Waals surface area contributed by atoms with Crippen LogP contribution in [-0.2, 0) is 6.54 Å². The Morgan fingerprint density at radius 3 is 2.80 bits per heavy atom. The summed E-state index contributed by atoms with van der Waals surface area (Å²) in [5.74, 6) is 0. The molecule has 0 N–H and O–H groups in total. The first-order chi connectivity index (χ1) is 7.16. The van der Waals surface area contributed by atoms with E-state index in [0.29, 0.717) is 0 Å². The van der Waals surface area contributed by atoms with Crippen LogP contribution in [0.2, 0.25) is 0 Å². The van der Waals surface area contributed by atoms with Crippen LogP contribution >= 0.6 is 15.9 Å². The summed E-state index contributed by atoms with van der Waals surface area (Å²) in [4.78, 5) is 2.20. The van der Waals surface area contributed by atoms with Gasteiger partial charge in [0, 0.05) is 29.3 Å². The van der Waals surface area contributed by atoms with Crippen molar-refractivity contribution in [2.45, 2.75) is 6.54 Å². The first-order valence-electron chi connectivity index (χ1n) is 5.06. The Morgan fingerprint density at radius 2 is 2.07 bits per heavy atom. The van der Waals surface area contributed by atoms with Gasteiger partial charge < -0.3 is 9.47 Å². The summed E-state index contributed by atoms with van der Waals surface area (Å²) in [5, 5.41) is 1.30. The van der Waals surface area contributed by atoms with Gasteiger partial charge in [-0.3, -0.25) is 0 Å². The average molecular weight is 267 g/mol. The number of hydrogen-bond donors (Lipinski definition) is 0. The number of nitrogens with zero attached hydrogens (tertiary/aromatic N) is 2. The molecule has 0 fully saturated rings. The molecule has 80 valence electrons. The molecule has 0 bridgehead atoms. The second kappa shape index (κ2) is 4.37. The van der Waals surface area contributed by atoms with Gasteiger partial charge in [-0.2, -0.15) is 0 Å². The molecule has 0 amide bonds. The van der Waals surface area contributed by atoms with Crippen molar-refractivity contribution >= 4 is 26.8 Å². The second-order valence-electron chi connectivity index (χ2n) is 4.02. The third-order valence-electron chi connectivity index (χ3n) is 2.52. The molecule has 2 aromatic rings. The van der Waals surface area contributed by atoms with Gasteiger partial charge in [0.05, 0.1) is 0 Å². The summed E-state index contributed by atoms with van der Waals surface area (Å²) in [5.41, 5.74) is 1.30. The third-order valence-corrected chi connectivity index (χ3v) is 3.02. The summed E-state index contributed by atoms with van der Waals surface area (Å²) in [6.07, 6.45) is 2.15. The molecule has 2 nitrogen and oxygen atoms in total. The van der Waals surface area contributed by atoms with Gasteiger partial charge in [0.2, 0.25) is 0 Å². The Morgan fingerprint density at radius 1 is 1.27 bits per heavy atom. The zero-order valence-electron chi connectivity index (χ0n) is 9.07. The number of benzene rings is 1. The fourth-order valence-corrected chi connectivity index (χ4v) is 2.01. The Kier molecular flexibility index (Phi) is 3.12. The van der Waals surface area contributed by atoms with Crippen LogP contribution in [0.3, 0.4) is 0 Å². The molecule has 0 atom stereocenters. The third kappa shape index (κ3) is 2.41. The van der Waals surface area contributed by atoms with E-state index in [1.165, 1.54) is 10.9 Å². The van der Waals surface area contributed by atoms with Crippen molar-refractivity contribution in [2.75, 3.05) is 20.6 Å². The van der Waals surface area contributed by atoms with E-state index in [1.54, 1.807) is 0 Å². The predicted octanol–water partition coefficient (Wildman–Crippen LogP) is 2.97. The molecule has 15 heavy (non-hydrogen) atoms. The molecule has 0 saturated heterocycles. The quantitative estimate of drug-likeness (QED) is 0.830. The van der Waals surface area contributed by atoms with E-state index in [9.17, 15) is 0 Å². The van der Waals surface area contributed by atoms with Crippen molar-refractivity contribution in [3.8, 4) is 0 Å². The molecular formula is C12H15BrN2. The molecule has 1 aromatic heterocycles. The van der Waals surface area contributed by atoms with Crippen LogP contribution in [0.4, 0.5) is 0 Å². The number of rotatable bonds is 3. The minimum Gasteiger partial charge on any atom is -0.346 e. The number of fused-ring (bicyclic) bond motifs is 1. The van der Waals surface area contributed by atoms with Gasteiger partial charge in [0.25, 0.3) is 0 Å². The van der Waals surface area contributed by atoms with Gasteiger partial charge in [0.15, 0.2) is 0 Å². The topological polar surface area (TPSA) is 8.17 Å². The van der Waals surface area contributed by atoms with Crippen molar-refractivity contribution in [2.24, 2.45) is 0 Å². The zero-order valence-corrected chi connectivity index (χ0v) is 10.7. The lowest BCUT2D eigenvalue weighted by molar-refractivity contribution is 0.387. The van der Waals surface area contributed by atoms with E-state index >= 15 is 0 Å². The summed E-state index contributed by atoms with van der Waals surface area (Å²) in [6.45, 7) is 2.10. The Hall–Kier alpha value is -0.800. The monoisotopic (exact) mass is 266 g/mol. The first kappa shape index (κ1) is 10.7. The molecular weight excluding hydrogens is 252 g/mol. The number of halogens is 1. The van der Waals surface area contributed by atoms with Crippen molar-refractivity contribution in [3.05, 3.63) is 34.9 Å². The van der Waals surface area contributed by atoms with Crippen LogP contribution in [0.15, 0.2) is 34.9 Å². The highest BCUT2D eigenvalue weighted by molar-refractivity contribution is 9.10. The molecule has 2 rings (SSSR count). The minimum atomic E-state index is 1.03. The first-order valence-corrected chi connectivity index (χ1v) is 5.85. The highest BCUT2D eigenvalue weighted by Crippen LogP contribution is 2.20. The van der Waals surface area contributed by atoms with E-state index in [0.717, 1.165) is 17.6 Å². The summed E-state index contributed by atoms with van der Waals surface area (Å²) in [6, 6.07) is 8.56. The zero-order chi connectivity index (χ0) is 10.8. The summed E-state index contributed by atoms with van der Waals surface area (Å²) < 4.78 is 3.43. The molecule has 0 saturated carbocycles. The average Bonchev–Trinajstić information content (AvgIpc) is 2.57. The van der Waals surface area contributed by atoms with Crippen LogP contribution in [0, 0.1) is 0 Å². The predicted molar refractivity (Wildman–Crippen MR) is 68.2 cm³/mol.